The summed E-state index contributed by atoms with van der Waals surface area (Å²) in [5.41, 5.74) is 0.391. The van der Waals surface area contributed by atoms with Gasteiger partial charge >= 0.3 is 0 Å². The first-order valence-electron chi connectivity index (χ1n) is 8.39. The van der Waals surface area contributed by atoms with Crippen LogP contribution in [0.3, 0.4) is 0 Å². The van der Waals surface area contributed by atoms with E-state index in [2.05, 4.69) is 29.5 Å². The van der Waals surface area contributed by atoms with Crippen molar-refractivity contribution >= 4 is 29.9 Å². The normalized spacial score (nSPS) is 33.2. The number of hydrogen-bond donors (Lipinski definition) is 2. The summed E-state index contributed by atoms with van der Waals surface area (Å²) in [6, 6.07) is 0.798. The van der Waals surface area contributed by atoms with Crippen molar-refractivity contribution < 1.29 is 9.47 Å². The van der Waals surface area contributed by atoms with E-state index < -0.39 is 0 Å². The fraction of sp³-hybridized carbons (Fsp3) is 0.938. The summed E-state index contributed by atoms with van der Waals surface area (Å²) in [4.78, 5) is 4.60. The van der Waals surface area contributed by atoms with Gasteiger partial charge in [0.05, 0.1) is 12.7 Å². The van der Waals surface area contributed by atoms with Gasteiger partial charge in [-0.25, -0.2) is 0 Å². The van der Waals surface area contributed by atoms with Gasteiger partial charge in [-0.3, -0.25) is 4.99 Å². The molecule has 128 valence electrons. The molecule has 4 atom stereocenters. The highest BCUT2D eigenvalue weighted by atomic mass is 127. The molecule has 2 N–H and O–H groups in total. The van der Waals surface area contributed by atoms with E-state index in [0.717, 1.165) is 19.1 Å². The van der Waals surface area contributed by atoms with E-state index in [1.54, 1.807) is 7.11 Å². The maximum atomic E-state index is 5.98. The Morgan fingerprint density at radius 3 is 2.82 bits per heavy atom. The number of aliphatic imine (C=N–C) groups is 1. The van der Waals surface area contributed by atoms with Crippen LogP contribution >= 0.6 is 24.0 Å². The number of ether oxygens (including phenoxy) is 2. The fourth-order valence-corrected chi connectivity index (χ4v) is 4.42. The number of halogens is 1. The van der Waals surface area contributed by atoms with Gasteiger partial charge in [0, 0.05) is 43.7 Å². The van der Waals surface area contributed by atoms with Crippen molar-refractivity contribution in [3.8, 4) is 0 Å². The summed E-state index contributed by atoms with van der Waals surface area (Å²) in [6.45, 7) is 6.61. The van der Waals surface area contributed by atoms with Gasteiger partial charge in [0.2, 0.25) is 0 Å². The van der Waals surface area contributed by atoms with Crippen molar-refractivity contribution in [2.24, 2.45) is 16.3 Å². The van der Waals surface area contributed by atoms with Crippen molar-refractivity contribution in [1.82, 2.24) is 10.6 Å². The zero-order chi connectivity index (χ0) is 14.9. The fourth-order valence-electron chi connectivity index (χ4n) is 4.42. The summed E-state index contributed by atoms with van der Waals surface area (Å²) in [5, 5.41) is 7.17. The third-order valence-corrected chi connectivity index (χ3v) is 5.44. The monoisotopic (exact) mass is 423 g/mol. The Hall–Kier alpha value is -0.0800. The zero-order valence-corrected chi connectivity index (χ0v) is 16.3. The molecule has 0 aromatic rings. The van der Waals surface area contributed by atoms with Crippen LogP contribution in [0.25, 0.3) is 0 Å². The Morgan fingerprint density at radius 1 is 1.45 bits per heavy atom. The Bertz CT molecular complexity index is 401. The third kappa shape index (κ3) is 3.11. The van der Waals surface area contributed by atoms with Crippen LogP contribution in [-0.2, 0) is 9.47 Å². The Morgan fingerprint density at radius 2 is 2.23 bits per heavy atom. The highest BCUT2D eigenvalue weighted by molar-refractivity contribution is 14.0. The van der Waals surface area contributed by atoms with E-state index >= 15 is 0 Å². The Balaban J connectivity index is 0.00000176. The number of nitrogens with one attached hydrogen (secondary N) is 2. The summed E-state index contributed by atoms with van der Waals surface area (Å²) in [7, 11) is 1.73. The lowest BCUT2D eigenvalue weighted by Crippen LogP contribution is -2.72. The lowest BCUT2D eigenvalue weighted by molar-refractivity contribution is -0.171. The smallest absolute Gasteiger partial charge is 0.191 e. The maximum absolute atomic E-state index is 5.98. The third-order valence-electron chi connectivity index (χ3n) is 5.44. The van der Waals surface area contributed by atoms with Crippen LogP contribution in [0, 0.1) is 11.3 Å². The first kappa shape index (κ1) is 18.3. The largest absolute Gasteiger partial charge is 0.383 e. The second kappa shape index (κ2) is 7.66. The summed E-state index contributed by atoms with van der Waals surface area (Å²) >= 11 is 0. The summed E-state index contributed by atoms with van der Waals surface area (Å²) < 4.78 is 11.2. The summed E-state index contributed by atoms with van der Waals surface area (Å²) in [5.74, 6) is 1.61. The predicted octanol–water partition coefficient (Wildman–Crippen LogP) is 2.15. The molecular formula is C16H30IN3O2. The molecule has 5 nitrogen and oxygen atoms in total. The molecule has 1 aliphatic heterocycles. The van der Waals surface area contributed by atoms with Crippen LogP contribution in [0.2, 0.25) is 0 Å². The quantitative estimate of drug-likeness (QED) is 0.404. The molecule has 6 heteroatoms. The van der Waals surface area contributed by atoms with Crippen LogP contribution in [0.1, 0.15) is 39.5 Å². The molecule has 4 unspecified atom stereocenters. The van der Waals surface area contributed by atoms with Crippen LogP contribution in [0.4, 0.5) is 0 Å². The number of guanidine groups is 1. The number of methoxy groups -OCH3 is 1. The van der Waals surface area contributed by atoms with Crippen molar-refractivity contribution in [3.63, 3.8) is 0 Å². The molecule has 1 spiro atoms. The second-order valence-corrected chi connectivity index (χ2v) is 6.78. The first-order chi connectivity index (χ1) is 10.2. The molecule has 0 bridgehead atoms. The Kier molecular flexibility index (Phi) is 6.36. The lowest BCUT2D eigenvalue weighted by atomic mass is 9.46. The van der Waals surface area contributed by atoms with Gasteiger partial charge in [0.1, 0.15) is 0 Å². The molecule has 2 saturated carbocycles. The van der Waals surface area contributed by atoms with Gasteiger partial charge in [0.25, 0.3) is 0 Å². The molecule has 3 fully saturated rings. The number of rotatable bonds is 5. The number of hydrogen-bond acceptors (Lipinski definition) is 3. The second-order valence-electron chi connectivity index (χ2n) is 6.78. The SMILES string of the molecule is CCN=C(NC(C)COC)NC1C2CCOC2C12CCC2.I. The minimum Gasteiger partial charge on any atom is -0.383 e. The minimum atomic E-state index is 0. The van der Waals surface area contributed by atoms with E-state index in [0.29, 0.717) is 30.1 Å². The molecule has 1 saturated heterocycles. The topological polar surface area (TPSA) is 54.9 Å². The lowest BCUT2D eigenvalue weighted by Gasteiger charge is -2.63. The van der Waals surface area contributed by atoms with Gasteiger partial charge in [-0.05, 0) is 33.1 Å². The Labute approximate surface area is 151 Å². The number of nitrogens with zero attached hydrogens (tertiary/aromatic N) is 1. The molecule has 3 rings (SSSR count). The van der Waals surface area contributed by atoms with Gasteiger partial charge in [-0.2, -0.15) is 0 Å². The van der Waals surface area contributed by atoms with Gasteiger partial charge < -0.3 is 20.1 Å². The van der Waals surface area contributed by atoms with Crippen LogP contribution in [0.15, 0.2) is 4.99 Å². The van der Waals surface area contributed by atoms with E-state index in [4.69, 9.17) is 9.47 Å². The van der Waals surface area contributed by atoms with E-state index in [9.17, 15) is 0 Å². The van der Waals surface area contributed by atoms with Crippen molar-refractivity contribution in [2.75, 3.05) is 26.9 Å². The van der Waals surface area contributed by atoms with Crippen LogP contribution in [-0.4, -0.2) is 51.0 Å². The molecule has 0 aromatic carbocycles. The molecule has 0 aromatic heterocycles. The molecule has 3 aliphatic rings. The van der Waals surface area contributed by atoms with E-state index in [1.165, 1.54) is 25.7 Å². The van der Waals surface area contributed by atoms with Crippen LogP contribution < -0.4 is 10.6 Å². The highest BCUT2D eigenvalue weighted by Crippen LogP contribution is 2.62. The molecule has 2 aliphatic carbocycles. The van der Waals surface area contributed by atoms with Crippen LogP contribution in [0.5, 0.6) is 0 Å². The predicted molar refractivity (Wildman–Crippen MR) is 98.9 cm³/mol. The summed E-state index contributed by atoms with van der Waals surface area (Å²) in [6.07, 6.45) is 5.65. The maximum Gasteiger partial charge on any atom is 0.191 e. The molecular weight excluding hydrogens is 393 g/mol. The van der Waals surface area contributed by atoms with Crippen molar-refractivity contribution in [1.29, 1.82) is 0 Å². The molecule has 0 radical (unpaired) electrons. The zero-order valence-electron chi connectivity index (χ0n) is 13.9. The average molecular weight is 423 g/mol. The van der Waals surface area contributed by atoms with Gasteiger partial charge in [-0.1, -0.05) is 6.42 Å². The van der Waals surface area contributed by atoms with Gasteiger partial charge in [0.15, 0.2) is 5.96 Å². The molecule has 1 heterocycles. The first-order valence-corrected chi connectivity index (χ1v) is 8.39. The standard InChI is InChI=1S/C16H29N3O2.HI/c1-4-17-15(18-11(2)10-20-3)19-13-12-6-9-21-14(12)16(13)7-5-8-16;/h11-14H,4-10H2,1-3H3,(H2,17,18,19);1H. The average Bonchev–Trinajstić information content (AvgIpc) is 2.80. The van der Waals surface area contributed by atoms with Crippen molar-refractivity contribution in [3.05, 3.63) is 0 Å². The van der Waals surface area contributed by atoms with E-state index in [-0.39, 0.29) is 30.0 Å². The molecule has 0 amide bonds. The van der Waals surface area contributed by atoms with Crippen molar-refractivity contribution in [2.45, 2.75) is 57.7 Å². The minimum absolute atomic E-state index is 0. The van der Waals surface area contributed by atoms with Gasteiger partial charge in [-0.15, -0.1) is 24.0 Å². The van der Waals surface area contributed by atoms with E-state index in [1.807, 2.05) is 0 Å². The molecule has 22 heavy (non-hydrogen) atoms. The number of fused-ring (bicyclic) bond motifs is 2. The highest BCUT2D eigenvalue weighted by Gasteiger charge is 2.66.